The topological polar surface area (TPSA) is 88.5 Å². The fourth-order valence-electron chi connectivity index (χ4n) is 0.849. The quantitative estimate of drug-likeness (QED) is 0.529. The molecule has 0 rings (SSSR count). The number of hydrogen-bond donors (Lipinski definition) is 2. The molecule has 0 spiro atoms. The zero-order chi connectivity index (χ0) is 13.5. The Morgan fingerprint density at radius 2 is 2.00 bits per heavy atom. The molecule has 0 aromatic carbocycles. The smallest absolute Gasteiger partial charge is 0.434 e. The van der Waals surface area contributed by atoms with E-state index in [9.17, 15) is 4.79 Å². The first-order valence-electron chi connectivity index (χ1n) is 5.47. The highest BCUT2D eigenvalue weighted by Gasteiger charge is 2.21. The lowest BCUT2D eigenvalue weighted by Crippen LogP contribution is -2.28. The zero-order valence-corrected chi connectivity index (χ0v) is 10.7. The van der Waals surface area contributed by atoms with Crippen LogP contribution in [-0.4, -0.2) is 40.3 Å². The zero-order valence-electron chi connectivity index (χ0n) is 10.7. The van der Waals surface area contributed by atoms with Crippen LogP contribution in [-0.2, 0) is 14.3 Å². The van der Waals surface area contributed by atoms with E-state index in [-0.39, 0.29) is 12.0 Å². The summed E-state index contributed by atoms with van der Waals surface area (Å²) in [5.74, 6) is 0. The van der Waals surface area contributed by atoms with Crippen molar-refractivity contribution in [1.82, 2.24) is 5.39 Å². The van der Waals surface area contributed by atoms with Gasteiger partial charge >= 0.3 is 6.16 Å². The first-order chi connectivity index (χ1) is 7.76. The fraction of sp³-hybridized carbons (Fsp3) is 0.900. The average molecular weight is 251 g/mol. The van der Waals surface area contributed by atoms with Crippen LogP contribution < -0.4 is 0 Å². The second-order valence-electron chi connectivity index (χ2n) is 4.27. The van der Waals surface area contributed by atoms with Crippen molar-refractivity contribution >= 4 is 6.16 Å². The normalized spacial score (nSPS) is 13.6. The highest BCUT2D eigenvalue weighted by Crippen LogP contribution is 2.14. The first-order valence-corrected chi connectivity index (χ1v) is 5.47. The molecule has 0 heterocycles. The summed E-state index contributed by atoms with van der Waals surface area (Å²) in [6.45, 7) is 7.16. The average Bonchev–Trinajstić information content (AvgIpc) is 2.15. The van der Waals surface area contributed by atoms with Crippen LogP contribution >= 0.6 is 0 Å². The summed E-state index contributed by atoms with van der Waals surface area (Å²) in [6, 6.07) is 0. The molecule has 0 aliphatic heterocycles. The maximum Gasteiger partial charge on any atom is 0.508 e. The van der Waals surface area contributed by atoms with Gasteiger partial charge in [0.05, 0.1) is 18.1 Å². The Labute approximate surface area is 101 Å². The predicted octanol–water partition coefficient (Wildman–Crippen LogP) is 2.12. The summed E-state index contributed by atoms with van der Waals surface area (Å²) in [7, 11) is 0. The molecule has 17 heavy (non-hydrogen) atoms. The highest BCUT2D eigenvalue weighted by atomic mass is 17.1. The van der Waals surface area contributed by atoms with Gasteiger partial charge < -0.3 is 9.47 Å². The van der Waals surface area contributed by atoms with Crippen molar-refractivity contribution in [2.75, 3.05) is 6.61 Å². The SMILES string of the molecule is CCC(C)(C)OC(=O)OCC[C@@H](C)ON(O)O. The van der Waals surface area contributed by atoms with Crippen molar-refractivity contribution in [3.05, 3.63) is 0 Å². The molecule has 2 N–H and O–H groups in total. The van der Waals surface area contributed by atoms with Gasteiger partial charge in [0.25, 0.3) is 0 Å². The molecule has 1 atom stereocenters. The van der Waals surface area contributed by atoms with Crippen LogP contribution in [0.4, 0.5) is 4.79 Å². The second kappa shape index (κ2) is 7.44. The Morgan fingerprint density at radius 1 is 1.41 bits per heavy atom. The second-order valence-corrected chi connectivity index (χ2v) is 4.27. The van der Waals surface area contributed by atoms with Gasteiger partial charge in [-0.2, -0.15) is 0 Å². The summed E-state index contributed by atoms with van der Waals surface area (Å²) in [5, 5.41) is 16.3. The van der Waals surface area contributed by atoms with Crippen LogP contribution in [0.2, 0.25) is 0 Å². The molecule has 0 saturated heterocycles. The molecule has 102 valence electrons. The molecule has 0 bridgehead atoms. The predicted molar refractivity (Wildman–Crippen MR) is 57.4 cm³/mol. The lowest BCUT2D eigenvalue weighted by atomic mass is 10.1. The first kappa shape index (κ1) is 16.1. The van der Waals surface area contributed by atoms with Crippen molar-refractivity contribution in [3.63, 3.8) is 0 Å². The van der Waals surface area contributed by atoms with Crippen LogP contribution in [0.1, 0.15) is 40.5 Å². The number of rotatable bonds is 7. The van der Waals surface area contributed by atoms with E-state index in [2.05, 4.69) is 4.84 Å². The fourth-order valence-corrected chi connectivity index (χ4v) is 0.849. The van der Waals surface area contributed by atoms with Gasteiger partial charge in [-0.05, 0) is 27.2 Å². The van der Waals surface area contributed by atoms with Crippen molar-refractivity contribution in [2.24, 2.45) is 0 Å². The molecule has 7 nitrogen and oxygen atoms in total. The summed E-state index contributed by atoms with van der Waals surface area (Å²) in [6.07, 6.45) is -0.226. The number of hydrogen-bond acceptors (Lipinski definition) is 7. The van der Waals surface area contributed by atoms with E-state index in [1.807, 2.05) is 6.92 Å². The third-order valence-corrected chi connectivity index (χ3v) is 2.23. The standard InChI is InChI=1S/C10H21NO6/c1-5-10(3,4)16-9(12)15-7-6-8(2)17-11(13)14/h8,13-14H,5-7H2,1-4H3/t8-/m1/s1. The van der Waals surface area contributed by atoms with E-state index in [1.54, 1.807) is 20.8 Å². The number of carbonyl (C=O) groups is 1. The number of nitrogens with zero attached hydrogens (tertiary/aromatic N) is 1. The molecule has 0 aliphatic rings. The van der Waals surface area contributed by atoms with Crippen LogP contribution in [0, 0.1) is 0 Å². The van der Waals surface area contributed by atoms with Gasteiger partial charge in [0.1, 0.15) is 5.60 Å². The Hall–Kier alpha value is -0.890. The van der Waals surface area contributed by atoms with Crippen molar-refractivity contribution in [2.45, 2.75) is 52.2 Å². The summed E-state index contributed by atoms with van der Waals surface area (Å²) in [4.78, 5) is 15.7. The summed E-state index contributed by atoms with van der Waals surface area (Å²) < 4.78 is 9.85. The van der Waals surface area contributed by atoms with Crippen LogP contribution in [0.15, 0.2) is 0 Å². The molecule has 0 aromatic rings. The van der Waals surface area contributed by atoms with Gasteiger partial charge in [-0.3, -0.25) is 10.4 Å². The van der Waals surface area contributed by atoms with Crippen molar-refractivity contribution < 1.29 is 29.5 Å². The van der Waals surface area contributed by atoms with Crippen molar-refractivity contribution in [1.29, 1.82) is 0 Å². The molecule has 7 heteroatoms. The van der Waals surface area contributed by atoms with Gasteiger partial charge in [-0.15, -0.1) is 0 Å². The minimum absolute atomic E-state index is 0.0770. The van der Waals surface area contributed by atoms with Crippen LogP contribution in [0.5, 0.6) is 0 Å². The Morgan fingerprint density at radius 3 is 2.47 bits per heavy atom. The molecular formula is C10H21NO6. The number of ether oxygens (including phenoxy) is 2. The minimum Gasteiger partial charge on any atom is -0.434 e. The maximum atomic E-state index is 11.2. The lowest BCUT2D eigenvalue weighted by Gasteiger charge is -2.22. The summed E-state index contributed by atoms with van der Waals surface area (Å²) in [5.41, 5.74) is -0.549. The van der Waals surface area contributed by atoms with Gasteiger partial charge in [-0.1, -0.05) is 6.92 Å². The van der Waals surface area contributed by atoms with Gasteiger partial charge in [0.2, 0.25) is 0 Å². The third kappa shape index (κ3) is 8.87. The minimum atomic E-state index is -0.742. The van der Waals surface area contributed by atoms with Gasteiger partial charge in [0.15, 0.2) is 0 Å². The Kier molecular flexibility index (Phi) is 7.05. The van der Waals surface area contributed by atoms with E-state index in [4.69, 9.17) is 19.9 Å². The maximum absolute atomic E-state index is 11.2. The van der Waals surface area contributed by atoms with E-state index < -0.39 is 17.9 Å². The van der Waals surface area contributed by atoms with E-state index in [0.29, 0.717) is 12.8 Å². The monoisotopic (exact) mass is 251 g/mol. The summed E-state index contributed by atoms with van der Waals surface area (Å²) >= 11 is 0. The van der Waals surface area contributed by atoms with Crippen LogP contribution in [0.3, 0.4) is 0 Å². The van der Waals surface area contributed by atoms with Gasteiger partial charge in [-0.25, -0.2) is 9.63 Å². The van der Waals surface area contributed by atoms with E-state index in [0.717, 1.165) is 0 Å². The van der Waals surface area contributed by atoms with Gasteiger partial charge in [0, 0.05) is 6.42 Å². The molecule has 0 unspecified atom stereocenters. The van der Waals surface area contributed by atoms with Crippen LogP contribution in [0.25, 0.3) is 0 Å². The molecule has 0 aliphatic carbocycles. The lowest BCUT2D eigenvalue weighted by molar-refractivity contribution is -0.503. The Bertz CT molecular complexity index is 231. The van der Waals surface area contributed by atoms with E-state index in [1.165, 1.54) is 0 Å². The molecule has 0 aromatic heterocycles. The molecule has 0 fully saturated rings. The molecular weight excluding hydrogens is 230 g/mol. The highest BCUT2D eigenvalue weighted by molar-refractivity contribution is 5.60. The molecule has 0 saturated carbocycles. The Balaban J connectivity index is 3.72. The number of carbonyl (C=O) groups excluding carboxylic acids is 1. The largest absolute Gasteiger partial charge is 0.508 e. The molecule has 0 radical (unpaired) electrons. The van der Waals surface area contributed by atoms with Crippen molar-refractivity contribution in [3.8, 4) is 0 Å². The third-order valence-electron chi connectivity index (χ3n) is 2.23. The molecule has 0 amide bonds. The van der Waals surface area contributed by atoms with E-state index >= 15 is 0 Å².